The molecule has 2 aromatic carbocycles. The molecule has 0 amide bonds. The zero-order valence-corrected chi connectivity index (χ0v) is 13.8. The third-order valence-electron chi connectivity index (χ3n) is 3.50. The summed E-state index contributed by atoms with van der Waals surface area (Å²) < 4.78 is 38.5. The second-order valence-corrected chi connectivity index (χ2v) is 5.74. The summed E-state index contributed by atoms with van der Waals surface area (Å²) in [5.74, 6) is 0.603. The van der Waals surface area contributed by atoms with Gasteiger partial charge in [0.15, 0.2) is 5.11 Å². The minimum atomic E-state index is -4.37. The number of benzene rings is 2. The van der Waals surface area contributed by atoms with Crippen LogP contribution in [0.2, 0.25) is 0 Å². The van der Waals surface area contributed by atoms with Gasteiger partial charge in [-0.15, -0.1) is 0 Å². The van der Waals surface area contributed by atoms with Crippen LogP contribution in [-0.4, -0.2) is 11.7 Å². The van der Waals surface area contributed by atoms with Gasteiger partial charge in [0.25, 0.3) is 0 Å². The molecule has 0 aliphatic carbocycles. The summed E-state index contributed by atoms with van der Waals surface area (Å²) in [7, 11) is 0. The van der Waals surface area contributed by atoms with Crippen molar-refractivity contribution < 1.29 is 13.2 Å². The highest BCUT2D eigenvalue weighted by Gasteiger charge is 2.31. The van der Waals surface area contributed by atoms with E-state index in [9.17, 15) is 13.2 Å². The van der Waals surface area contributed by atoms with Crippen molar-refractivity contribution >= 4 is 28.7 Å². The number of hydrogen-bond acceptors (Lipinski definition) is 3. The molecule has 0 saturated heterocycles. The lowest BCUT2D eigenvalue weighted by Crippen LogP contribution is -2.39. The van der Waals surface area contributed by atoms with Gasteiger partial charge < -0.3 is 10.6 Å². The smallest absolute Gasteiger partial charge is 0.332 e. The molecule has 0 aromatic heterocycles. The van der Waals surface area contributed by atoms with Crippen LogP contribution >= 0.6 is 12.2 Å². The molecular weight excluding hydrogens is 349 g/mol. The van der Waals surface area contributed by atoms with Crippen LogP contribution in [0.5, 0.6) is 0 Å². The molecule has 130 valence electrons. The quantitative estimate of drug-likeness (QED) is 0.722. The van der Waals surface area contributed by atoms with Crippen LogP contribution < -0.4 is 21.1 Å². The van der Waals surface area contributed by atoms with Gasteiger partial charge in [-0.2, -0.15) is 13.2 Å². The van der Waals surface area contributed by atoms with Gasteiger partial charge in [-0.25, -0.2) is 0 Å². The topological polar surface area (TPSA) is 39.3 Å². The molecular formula is C17H15F3N4S. The van der Waals surface area contributed by atoms with Crippen LogP contribution in [0.3, 0.4) is 0 Å². The number of rotatable bonds is 3. The number of hydrogen-bond donors (Lipinski definition) is 3. The first-order valence-electron chi connectivity index (χ1n) is 7.46. The molecule has 0 saturated carbocycles. The van der Waals surface area contributed by atoms with E-state index in [0.717, 1.165) is 17.8 Å². The second kappa shape index (κ2) is 7.02. The van der Waals surface area contributed by atoms with Gasteiger partial charge >= 0.3 is 6.18 Å². The van der Waals surface area contributed by atoms with Gasteiger partial charge in [0, 0.05) is 5.69 Å². The Morgan fingerprint density at radius 1 is 1.04 bits per heavy atom. The average Bonchev–Trinajstić information content (AvgIpc) is 3.03. The molecule has 0 atom stereocenters. The van der Waals surface area contributed by atoms with Gasteiger partial charge in [0.1, 0.15) is 5.82 Å². The number of halogens is 3. The molecule has 0 bridgehead atoms. The van der Waals surface area contributed by atoms with Crippen LogP contribution in [0.1, 0.15) is 5.56 Å². The van der Waals surface area contributed by atoms with Gasteiger partial charge in [0.05, 0.1) is 17.8 Å². The molecule has 4 nitrogen and oxygen atoms in total. The van der Waals surface area contributed by atoms with Crippen LogP contribution in [0.15, 0.2) is 66.5 Å². The fourth-order valence-corrected chi connectivity index (χ4v) is 2.55. The second-order valence-electron chi connectivity index (χ2n) is 5.33. The predicted octanol–water partition coefficient (Wildman–Crippen LogP) is 3.86. The number of alkyl halides is 3. The highest BCUT2D eigenvalue weighted by atomic mass is 32.1. The maximum absolute atomic E-state index is 12.8. The van der Waals surface area contributed by atoms with Crippen molar-refractivity contribution in [2.24, 2.45) is 0 Å². The van der Waals surface area contributed by atoms with E-state index in [1.165, 1.54) is 6.07 Å². The van der Waals surface area contributed by atoms with Crippen molar-refractivity contribution in [3.8, 4) is 0 Å². The van der Waals surface area contributed by atoms with Gasteiger partial charge in [-0.05, 0) is 48.6 Å². The van der Waals surface area contributed by atoms with E-state index in [2.05, 4.69) is 16.1 Å². The van der Waals surface area contributed by atoms with Crippen molar-refractivity contribution in [3.05, 3.63) is 72.1 Å². The Labute approximate surface area is 148 Å². The molecule has 0 spiro atoms. The first kappa shape index (κ1) is 17.1. The number of thiocarbonyl (C=S) groups is 1. The summed E-state index contributed by atoms with van der Waals surface area (Å²) in [5, 5.41) is 7.99. The van der Waals surface area contributed by atoms with E-state index in [4.69, 9.17) is 12.2 Å². The van der Waals surface area contributed by atoms with E-state index in [0.29, 0.717) is 23.2 Å². The minimum Gasteiger partial charge on any atom is -0.332 e. The first-order chi connectivity index (χ1) is 11.9. The van der Waals surface area contributed by atoms with E-state index in [1.54, 1.807) is 17.2 Å². The summed E-state index contributed by atoms with van der Waals surface area (Å²) in [6, 6.07) is 14.6. The van der Waals surface area contributed by atoms with Crippen molar-refractivity contribution in [2.75, 3.05) is 16.9 Å². The zero-order chi connectivity index (χ0) is 17.9. The van der Waals surface area contributed by atoms with Crippen molar-refractivity contribution in [3.63, 3.8) is 0 Å². The van der Waals surface area contributed by atoms with E-state index < -0.39 is 11.7 Å². The highest BCUT2D eigenvalue weighted by molar-refractivity contribution is 7.80. The molecule has 1 heterocycles. The minimum absolute atomic E-state index is 0.385. The van der Waals surface area contributed by atoms with Crippen LogP contribution in [-0.2, 0) is 6.18 Å². The number of hydrazine groups is 1. The lowest BCUT2D eigenvalue weighted by molar-refractivity contribution is -0.137. The number of nitrogens with zero attached hydrogens (tertiary/aromatic N) is 1. The summed E-state index contributed by atoms with van der Waals surface area (Å²) in [6.07, 6.45) is -2.56. The number of nitrogens with one attached hydrogen (secondary N) is 3. The Bertz CT molecular complexity index is 790. The molecule has 1 aliphatic rings. The molecule has 3 rings (SSSR count). The first-order valence-corrected chi connectivity index (χ1v) is 7.87. The lowest BCUT2D eigenvalue weighted by atomic mass is 10.2. The summed E-state index contributed by atoms with van der Waals surface area (Å²) >= 11 is 5.23. The monoisotopic (exact) mass is 364 g/mol. The standard InChI is InChI=1S/C17H15F3N4S/c18-17(19,20)12-5-4-8-14(11-12)24-10-9-15(23-24)22-16(25)21-13-6-2-1-3-7-13/h1-9,11,23H,10H2,(H2,21,22,25). The molecule has 2 aromatic rings. The Morgan fingerprint density at radius 3 is 2.52 bits per heavy atom. The zero-order valence-electron chi connectivity index (χ0n) is 13.0. The third kappa shape index (κ3) is 4.42. The Morgan fingerprint density at radius 2 is 1.80 bits per heavy atom. The van der Waals surface area contributed by atoms with E-state index in [-0.39, 0.29) is 0 Å². The van der Waals surface area contributed by atoms with E-state index >= 15 is 0 Å². The average molecular weight is 364 g/mol. The van der Waals surface area contributed by atoms with Gasteiger partial charge in [0.2, 0.25) is 0 Å². The number of para-hydroxylation sites is 1. The molecule has 0 unspecified atom stereocenters. The van der Waals surface area contributed by atoms with Crippen molar-refractivity contribution in [1.29, 1.82) is 0 Å². The number of anilines is 2. The van der Waals surface area contributed by atoms with Crippen molar-refractivity contribution in [1.82, 2.24) is 10.7 Å². The molecule has 1 aliphatic heterocycles. The van der Waals surface area contributed by atoms with E-state index in [1.807, 2.05) is 30.3 Å². The largest absolute Gasteiger partial charge is 0.416 e. The molecule has 0 fully saturated rings. The van der Waals surface area contributed by atoms with Crippen LogP contribution in [0, 0.1) is 0 Å². The summed E-state index contributed by atoms with van der Waals surface area (Å²) in [4.78, 5) is 0. The fraction of sp³-hybridized carbons (Fsp3) is 0.118. The molecule has 0 radical (unpaired) electrons. The molecule has 25 heavy (non-hydrogen) atoms. The summed E-state index contributed by atoms with van der Waals surface area (Å²) in [5.41, 5.74) is 3.57. The van der Waals surface area contributed by atoms with Crippen molar-refractivity contribution in [2.45, 2.75) is 6.18 Å². The Hall–Kier alpha value is -2.74. The molecule has 8 heteroatoms. The fourth-order valence-electron chi connectivity index (χ4n) is 2.32. The predicted molar refractivity (Wildman–Crippen MR) is 95.8 cm³/mol. The maximum atomic E-state index is 12.8. The summed E-state index contributed by atoms with van der Waals surface area (Å²) in [6.45, 7) is 0.414. The highest BCUT2D eigenvalue weighted by Crippen LogP contribution is 2.31. The Kier molecular flexibility index (Phi) is 4.80. The lowest BCUT2D eigenvalue weighted by Gasteiger charge is -2.22. The normalized spacial score (nSPS) is 13.9. The maximum Gasteiger partial charge on any atom is 0.416 e. The SMILES string of the molecule is FC(F)(F)c1cccc(N2CC=C(NC(=S)Nc3ccccc3)N2)c1. The van der Waals surface area contributed by atoms with Crippen LogP contribution in [0.25, 0.3) is 0 Å². The molecule has 3 N–H and O–H groups in total. The Balaban J connectivity index is 1.59. The van der Waals surface area contributed by atoms with Gasteiger partial charge in [-0.1, -0.05) is 24.3 Å². The van der Waals surface area contributed by atoms with Gasteiger partial charge in [-0.3, -0.25) is 10.4 Å². The van der Waals surface area contributed by atoms with Crippen LogP contribution in [0.4, 0.5) is 24.5 Å². The third-order valence-corrected chi connectivity index (χ3v) is 3.70.